The fourth-order valence-electron chi connectivity index (χ4n) is 8.55. The van der Waals surface area contributed by atoms with Gasteiger partial charge in [0.1, 0.15) is 0 Å². The molecule has 0 bridgehead atoms. The summed E-state index contributed by atoms with van der Waals surface area (Å²) in [6.07, 6.45) is 0. The summed E-state index contributed by atoms with van der Waals surface area (Å²) < 4.78 is 0. The lowest BCUT2D eigenvalue weighted by molar-refractivity contribution is 0.661. The number of hydrogen-bond donors (Lipinski definition) is 0. The summed E-state index contributed by atoms with van der Waals surface area (Å²) in [5.74, 6) is 0. The van der Waals surface area contributed by atoms with Crippen LogP contribution in [0.3, 0.4) is 0 Å². The van der Waals surface area contributed by atoms with Gasteiger partial charge in [0, 0.05) is 5.41 Å². The summed E-state index contributed by atoms with van der Waals surface area (Å²) >= 11 is 0. The van der Waals surface area contributed by atoms with Crippen molar-refractivity contribution in [2.45, 2.75) is 19.3 Å². The predicted octanol–water partition coefficient (Wildman–Crippen LogP) is 13.6. The van der Waals surface area contributed by atoms with E-state index in [2.05, 4.69) is 184 Å². The van der Waals surface area contributed by atoms with Gasteiger partial charge in [-0.2, -0.15) is 0 Å². The van der Waals surface area contributed by atoms with Crippen LogP contribution < -0.4 is 0 Å². The van der Waals surface area contributed by atoms with Crippen LogP contribution in [0.2, 0.25) is 0 Å². The minimum atomic E-state index is -0.0663. The Hall–Kier alpha value is -5.98. The maximum Gasteiger partial charge on any atom is 0.0159 e. The molecule has 0 unspecified atom stereocenters. The zero-order chi connectivity index (χ0) is 32.7. The van der Waals surface area contributed by atoms with Gasteiger partial charge in [-0.1, -0.05) is 159 Å². The van der Waals surface area contributed by atoms with Gasteiger partial charge < -0.3 is 0 Å². The third kappa shape index (κ3) is 4.24. The van der Waals surface area contributed by atoms with E-state index in [0.29, 0.717) is 0 Å². The van der Waals surface area contributed by atoms with Crippen molar-refractivity contribution < 1.29 is 0 Å². The van der Waals surface area contributed by atoms with E-state index in [1.807, 2.05) is 0 Å². The lowest BCUT2D eigenvalue weighted by atomic mass is 9.81. The number of hydrogen-bond acceptors (Lipinski definition) is 0. The van der Waals surface area contributed by atoms with Crippen LogP contribution in [0.1, 0.15) is 25.0 Å². The summed E-state index contributed by atoms with van der Waals surface area (Å²) in [7, 11) is 0. The average molecular weight is 623 g/mol. The van der Waals surface area contributed by atoms with E-state index < -0.39 is 0 Å². The smallest absolute Gasteiger partial charge is 0.0159 e. The molecule has 1 aliphatic rings. The maximum atomic E-state index is 2.44. The molecule has 230 valence electrons. The number of rotatable bonds is 3. The van der Waals surface area contributed by atoms with Gasteiger partial charge in [-0.3, -0.25) is 0 Å². The summed E-state index contributed by atoms with van der Waals surface area (Å²) in [5.41, 5.74) is 13.0. The maximum absolute atomic E-state index is 2.44. The standard InChI is InChI=1S/C49H34/c1-49(2)45-26-23-32-12-4-7-19-40(32)48(45)43-25-22-36(30-46(43)49)34-15-9-14-33(27-34)35-16-10-17-38(28-35)47-41-20-8-5-13-37(41)29-44-39-18-6-3-11-31(39)21-24-42(44)47/h3-30H,1-2H3. The van der Waals surface area contributed by atoms with Crippen molar-refractivity contribution in [3.63, 3.8) is 0 Å². The molecule has 0 aliphatic heterocycles. The Labute approximate surface area is 286 Å². The first-order valence-electron chi connectivity index (χ1n) is 17.3. The topological polar surface area (TPSA) is 0 Å². The first kappa shape index (κ1) is 28.1. The fraction of sp³-hybridized carbons (Fsp3) is 0.0612. The largest absolute Gasteiger partial charge is 0.0616 e. The van der Waals surface area contributed by atoms with Crippen molar-refractivity contribution in [3.8, 4) is 44.5 Å². The molecule has 0 saturated heterocycles. The van der Waals surface area contributed by atoms with Crippen molar-refractivity contribution in [2.24, 2.45) is 0 Å². The molecule has 1 aliphatic carbocycles. The third-order valence-electron chi connectivity index (χ3n) is 11.0. The number of fused-ring (bicyclic) bond motifs is 9. The highest BCUT2D eigenvalue weighted by Gasteiger charge is 2.36. The van der Waals surface area contributed by atoms with Gasteiger partial charge in [-0.15, -0.1) is 0 Å². The van der Waals surface area contributed by atoms with E-state index in [1.165, 1.54) is 98.7 Å². The summed E-state index contributed by atoms with van der Waals surface area (Å²) in [6, 6.07) is 63.2. The molecule has 10 rings (SSSR count). The van der Waals surface area contributed by atoms with Crippen molar-refractivity contribution >= 4 is 43.1 Å². The normalized spacial score (nSPS) is 13.3. The van der Waals surface area contributed by atoms with Crippen LogP contribution in [0.25, 0.3) is 87.6 Å². The van der Waals surface area contributed by atoms with E-state index >= 15 is 0 Å². The summed E-state index contributed by atoms with van der Waals surface area (Å²) in [4.78, 5) is 0. The Morgan fingerprint density at radius 1 is 0.306 bits per heavy atom. The molecular formula is C49H34. The molecule has 0 fully saturated rings. The van der Waals surface area contributed by atoms with Crippen LogP contribution in [0, 0.1) is 0 Å². The van der Waals surface area contributed by atoms with E-state index in [0.717, 1.165) is 0 Å². The van der Waals surface area contributed by atoms with Gasteiger partial charge in [0.05, 0.1) is 0 Å². The molecule has 0 amide bonds. The quantitative estimate of drug-likeness (QED) is 0.136. The molecule has 49 heavy (non-hydrogen) atoms. The number of benzene rings is 9. The highest BCUT2D eigenvalue weighted by atomic mass is 14.4. The molecule has 0 heterocycles. The molecule has 0 saturated carbocycles. The van der Waals surface area contributed by atoms with Gasteiger partial charge in [0.15, 0.2) is 0 Å². The van der Waals surface area contributed by atoms with E-state index in [1.54, 1.807) is 0 Å². The van der Waals surface area contributed by atoms with Crippen LogP contribution >= 0.6 is 0 Å². The third-order valence-corrected chi connectivity index (χ3v) is 11.0. The van der Waals surface area contributed by atoms with Crippen molar-refractivity contribution in [3.05, 3.63) is 181 Å². The molecule has 0 radical (unpaired) electrons. The van der Waals surface area contributed by atoms with Crippen molar-refractivity contribution in [1.29, 1.82) is 0 Å². The molecule has 0 spiro atoms. The minimum Gasteiger partial charge on any atom is -0.0616 e. The van der Waals surface area contributed by atoms with E-state index in [-0.39, 0.29) is 5.41 Å². The zero-order valence-corrected chi connectivity index (χ0v) is 27.7. The summed E-state index contributed by atoms with van der Waals surface area (Å²) in [6.45, 7) is 4.75. The Morgan fingerprint density at radius 3 is 1.59 bits per heavy atom. The Kier molecular flexibility index (Phi) is 6.02. The monoisotopic (exact) mass is 622 g/mol. The molecule has 0 atom stereocenters. The Balaban J connectivity index is 1.10. The zero-order valence-electron chi connectivity index (χ0n) is 27.7. The second kappa shape index (κ2) is 10.5. The van der Waals surface area contributed by atoms with Crippen LogP contribution in [0.4, 0.5) is 0 Å². The average Bonchev–Trinajstić information content (AvgIpc) is 3.39. The predicted molar refractivity (Wildman–Crippen MR) is 210 cm³/mol. The molecule has 0 nitrogen and oxygen atoms in total. The van der Waals surface area contributed by atoms with Crippen LogP contribution in [0.15, 0.2) is 170 Å². The van der Waals surface area contributed by atoms with Crippen molar-refractivity contribution in [1.82, 2.24) is 0 Å². The fourth-order valence-corrected chi connectivity index (χ4v) is 8.55. The van der Waals surface area contributed by atoms with Gasteiger partial charge in [-0.25, -0.2) is 0 Å². The van der Waals surface area contributed by atoms with Crippen molar-refractivity contribution in [2.75, 3.05) is 0 Å². The second-order valence-corrected chi connectivity index (χ2v) is 14.1. The van der Waals surface area contributed by atoms with Gasteiger partial charge in [0.2, 0.25) is 0 Å². The lowest BCUT2D eigenvalue weighted by Gasteiger charge is -2.22. The van der Waals surface area contributed by atoms with E-state index in [9.17, 15) is 0 Å². The molecular weight excluding hydrogens is 589 g/mol. The minimum absolute atomic E-state index is 0.0663. The lowest BCUT2D eigenvalue weighted by Crippen LogP contribution is -2.15. The van der Waals surface area contributed by atoms with E-state index in [4.69, 9.17) is 0 Å². The molecule has 9 aromatic carbocycles. The highest BCUT2D eigenvalue weighted by Crippen LogP contribution is 2.52. The van der Waals surface area contributed by atoms with Crippen LogP contribution in [-0.4, -0.2) is 0 Å². The Morgan fingerprint density at radius 2 is 0.857 bits per heavy atom. The molecule has 0 aromatic heterocycles. The SMILES string of the molecule is CC1(C)c2cc(-c3cccc(-c4cccc(-c5c6ccccc6cc6c5ccc5ccccc56)c4)c3)ccc2-c2c1ccc1ccccc21. The first-order valence-corrected chi connectivity index (χ1v) is 17.3. The van der Waals surface area contributed by atoms with Gasteiger partial charge >= 0.3 is 0 Å². The van der Waals surface area contributed by atoms with Crippen LogP contribution in [0.5, 0.6) is 0 Å². The summed E-state index contributed by atoms with van der Waals surface area (Å²) in [5, 5.41) is 10.3. The second-order valence-electron chi connectivity index (χ2n) is 14.1. The molecule has 9 aromatic rings. The molecule has 0 heteroatoms. The Bertz CT molecular complexity index is 2800. The highest BCUT2D eigenvalue weighted by molar-refractivity contribution is 6.20. The van der Waals surface area contributed by atoms with Crippen LogP contribution in [-0.2, 0) is 5.41 Å². The van der Waals surface area contributed by atoms with Gasteiger partial charge in [0.25, 0.3) is 0 Å². The first-order chi connectivity index (χ1) is 24.0. The molecule has 0 N–H and O–H groups in total. The van der Waals surface area contributed by atoms with Gasteiger partial charge in [-0.05, 0) is 123 Å².